The molecule has 35 heavy (non-hydrogen) atoms. The first-order valence-corrected chi connectivity index (χ1v) is 12.5. The predicted octanol–water partition coefficient (Wildman–Crippen LogP) is 3.36. The molecule has 1 aromatic heterocycles. The van der Waals surface area contributed by atoms with Crippen LogP contribution in [0.1, 0.15) is 22.4 Å². The Bertz CT molecular complexity index is 1380. The molecule has 3 N–H and O–H groups in total. The van der Waals surface area contributed by atoms with Crippen LogP contribution in [0.25, 0.3) is 0 Å². The minimum atomic E-state index is -4.45. The Hall–Kier alpha value is -3.40. The third-order valence-corrected chi connectivity index (χ3v) is 8.25. The molecule has 0 bridgehead atoms. The van der Waals surface area contributed by atoms with E-state index in [9.17, 15) is 31.5 Å². The van der Waals surface area contributed by atoms with Crippen molar-refractivity contribution in [1.82, 2.24) is 10.0 Å². The number of aliphatic imine (C=N–C) groups is 1. The highest BCUT2D eigenvalue weighted by Crippen LogP contribution is 2.30. The van der Waals surface area contributed by atoms with Gasteiger partial charge in [0.2, 0.25) is 0 Å². The number of allylic oxidation sites excluding steroid dienone is 1. The van der Waals surface area contributed by atoms with Crippen molar-refractivity contribution in [2.45, 2.75) is 29.0 Å². The Labute approximate surface area is 203 Å². The van der Waals surface area contributed by atoms with E-state index in [1.165, 1.54) is 24.3 Å². The van der Waals surface area contributed by atoms with Gasteiger partial charge in [-0.3, -0.25) is 9.79 Å². The van der Waals surface area contributed by atoms with E-state index < -0.39 is 33.8 Å². The molecule has 182 valence electrons. The lowest BCUT2D eigenvalue weighted by Gasteiger charge is -2.20. The van der Waals surface area contributed by atoms with E-state index in [1.807, 2.05) is 6.08 Å². The molecule has 2 aliphatic heterocycles. The molecule has 0 fully saturated rings. The normalized spacial score (nSPS) is 19.8. The summed E-state index contributed by atoms with van der Waals surface area (Å²) in [5.41, 5.74) is 0.253. The Morgan fingerprint density at radius 2 is 1.94 bits per heavy atom. The molecule has 0 radical (unpaired) electrons. The van der Waals surface area contributed by atoms with Crippen molar-refractivity contribution >= 4 is 33.5 Å². The van der Waals surface area contributed by atoms with Crippen molar-refractivity contribution in [3.63, 3.8) is 0 Å². The van der Waals surface area contributed by atoms with Gasteiger partial charge < -0.3 is 10.4 Å². The summed E-state index contributed by atoms with van der Waals surface area (Å²) in [4.78, 5) is 16.4. The fourth-order valence-electron chi connectivity index (χ4n) is 3.54. The number of nitrogens with zero attached hydrogens (tertiary/aromatic N) is 1. The van der Waals surface area contributed by atoms with Gasteiger partial charge in [0.05, 0.1) is 10.4 Å². The zero-order valence-corrected chi connectivity index (χ0v) is 19.4. The van der Waals surface area contributed by atoms with E-state index in [4.69, 9.17) is 0 Å². The second-order valence-corrected chi connectivity index (χ2v) is 10.7. The third kappa shape index (κ3) is 5.82. The smallest absolute Gasteiger partial charge is 0.416 e. The van der Waals surface area contributed by atoms with Crippen molar-refractivity contribution < 1.29 is 31.5 Å². The Morgan fingerprint density at radius 3 is 2.63 bits per heavy atom. The molecule has 2 aliphatic rings. The number of halogens is 3. The van der Waals surface area contributed by atoms with Gasteiger partial charge in [-0.15, -0.1) is 11.3 Å². The van der Waals surface area contributed by atoms with E-state index >= 15 is 0 Å². The summed E-state index contributed by atoms with van der Waals surface area (Å²) in [6, 6.07) is 5.64. The first-order chi connectivity index (χ1) is 16.5. The number of sulfonamides is 1. The summed E-state index contributed by atoms with van der Waals surface area (Å²) >= 11 is 0.827. The second-order valence-electron chi connectivity index (χ2n) is 7.70. The van der Waals surface area contributed by atoms with Crippen LogP contribution >= 0.6 is 11.3 Å². The monoisotopic (exact) mass is 521 g/mol. The van der Waals surface area contributed by atoms with E-state index in [2.05, 4.69) is 26.9 Å². The van der Waals surface area contributed by atoms with Gasteiger partial charge >= 0.3 is 12.1 Å². The molecular weight excluding hydrogens is 503 g/mol. The minimum absolute atomic E-state index is 0.0471. The van der Waals surface area contributed by atoms with Crippen molar-refractivity contribution in [1.29, 1.82) is 0 Å². The first-order valence-electron chi connectivity index (χ1n) is 10.2. The third-order valence-electron chi connectivity index (χ3n) is 5.28. The number of carboxylic acid groups (broad SMARTS) is 1. The SMILES string of the molecule is O=C(O)[C@H](CC1=CNC2N=CC=CC12)NS(=O)(=O)c1ccc(C#Cc2ccc(C(F)(F)F)cc2)s1. The van der Waals surface area contributed by atoms with Gasteiger partial charge in [-0.25, -0.2) is 8.42 Å². The lowest BCUT2D eigenvalue weighted by Crippen LogP contribution is -2.41. The lowest BCUT2D eigenvalue weighted by molar-refractivity contribution is -0.139. The van der Waals surface area contributed by atoms with Crippen molar-refractivity contribution in [3.8, 4) is 11.8 Å². The number of aliphatic carboxylic acids is 1. The number of dihydropyridines is 1. The van der Waals surface area contributed by atoms with Gasteiger partial charge in [-0.1, -0.05) is 17.9 Å². The zero-order valence-electron chi connectivity index (χ0n) is 17.8. The molecule has 4 rings (SSSR count). The van der Waals surface area contributed by atoms with Gasteiger partial charge in [0, 0.05) is 17.7 Å². The van der Waals surface area contributed by atoms with E-state index in [0.29, 0.717) is 16.0 Å². The van der Waals surface area contributed by atoms with Gasteiger partial charge in [0.25, 0.3) is 10.0 Å². The zero-order chi connectivity index (χ0) is 25.2. The van der Waals surface area contributed by atoms with Crippen LogP contribution in [0.3, 0.4) is 0 Å². The first kappa shape index (κ1) is 24.7. The van der Waals surface area contributed by atoms with Crippen molar-refractivity contribution in [3.05, 3.63) is 76.3 Å². The highest BCUT2D eigenvalue weighted by atomic mass is 32.2. The number of nitrogens with one attached hydrogen (secondary N) is 2. The van der Waals surface area contributed by atoms with Gasteiger partial charge in [-0.05, 0) is 60.7 Å². The lowest BCUT2D eigenvalue weighted by atomic mass is 9.93. The van der Waals surface area contributed by atoms with Crippen molar-refractivity contribution in [2.24, 2.45) is 10.9 Å². The minimum Gasteiger partial charge on any atom is -0.480 e. The second kappa shape index (κ2) is 9.69. The Morgan fingerprint density at radius 1 is 1.20 bits per heavy atom. The topological polar surface area (TPSA) is 108 Å². The van der Waals surface area contributed by atoms with Crippen molar-refractivity contribution in [2.75, 3.05) is 0 Å². The van der Waals surface area contributed by atoms with Crippen LogP contribution in [0.2, 0.25) is 0 Å². The highest BCUT2D eigenvalue weighted by molar-refractivity contribution is 7.91. The van der Waals surface area contributed by atoms with Gasteiger partial charge in [-0.2, -0.15) is 17.9 Å². The maximum Gasteiger partial charge on any atom is 0.416 e. The summed E-state index contributed by atoms with van der Waals surface area (Å²) in [6.45, 7) is 0. The Kier molecular flexibility index (Phi) is 6.84. The number of carbonyl (C=O) groups is 1. The summed E-state index contributed by atoms with van der Waals surface area (Å²) in [5.74, 6) is 3.94. The summed E-state index contributed by atoms with van der Waals surface area (Å²) < 4.78 is 65.8. The van der Waals surface area contributed by atoms with Crippen LogP contribution in [0.15, 0.2) is 69.5 Å². The molecule has 0 saturated carbocycles. The maximum atomic E-state index is 12.8. The van der Waals surface area contributed by atoms with E-state index in [-0.39, 0.29) is 22.7 Å². The van der Waals surface area contributed by atoms with Crippen LogP contribution < -0.4 is 10.0 Å². The van der Waals surface area contributed by atoms with Crippen LogP contribution in [-0.4, -0.2) is 37.9 Å². The number of thiophene rings is 1. The molecule has 0 saturated heterocycles. The number of alkyl halides is 3. The molecule has 3 heterocycles. The number of rotatable bonds is 6. The molecule has 2 unspecified atom stereocenters. The van der Waals surface area contributed by atoms with Gasteiger partial charge in [0.1, 0.15) is 16.4 Å². The number of benzene rings is 1. The highest BCUT2D eigenvalue weighted by Gasteiger charge is 2.34. The number of hydrogen-bond acceptors (Lipinski definition) is 6. The van der Waals surface area contributed by atoms with Crippen LogP contribution in [0, 0.1) is 17.8 Å². The quantitative estimate of drug-likeness (QED) is 0.506. The molecule has 0 aliphatic carbocycles. The molecule has 0 spiro atoms. The Balaban J connectivity index is 1.45. The number of hydrogen-bond donors (Lipinski definition) is 3. The molecular formula is C23H18F3N3O4S2. The standard InChI is InChI=1S/C23H18F3N3O4S2/c24-23(25,26)16-6-3-14(4-7-16)5-8-17-9-10-20(34-17)35(32,33)29-19(22(30)31)12-15-13-28-21-18(15)2-1-11-27-21/h1-4,6-7,9-11,13,18-19,21,28-29H,12H2,(H,30,31)/t18?,19-,21?/m0/s1. The molecule has 2 aromatic rings. The number of fused-ring (bicyclic) bond motifs is 1. The molecule has 1 aromatic carbocycles. The average molecular weight is 522 g/mol. The van der Waals surface area contributed by atoms with Crippen LogP contribution in [0.5, 0.6) is 0 Å². The van der Waals surface area contributed by atoms with Gasteiger partial charge in [0.15, 0.2) is 0 Å². The van der Waals surface area contributed by atoms with Crippen LogP contribution in [0.4, 0.5) is 13.2 Å². The van der Waals surface area contributed by atoms with E-state index in [0.717, 1.165) is 23.5 Å². The summed E-state index contributed by atoms with van der Waals surface area (Å²) in [6.07, 6.45) is 2.19. The molecule has 7 nitrogen and oxygen atoms in total. The van der Waals surface area contributed by atoms with E-state index in [1.54, 1.807) is 18.5 Å². The molecule has 3 atom stereocenters. The molecule has 12 heteroatoms. The fraction of sp³-hybridized carbons (Fsp3) is 0.217. The fourth-order valence-corrected chi connectivity index (χ4v) is 5.90. The van der Waals surface area contributed by atoms with Crippen LogP contribution in [-0.2, 0) is 21.0 Å². The number of carboxylic acids is 1. The largest absolute Gasteiger partial charge is 0.480 e. The summed E-state index contributed by atoms with van der Waals surface area (Å²) in [7, 11) is -4.16. The average Bonchev–Trinajstić information content (AvgIpc) is 3.45. The predicted molar refractivity (Wildman–Crippen MR) is 124 cm³/mol. The maximum absolute atomic E-state index is 12.8. The molecule has 0 amide bonds. The summed E-state index contributed by atoms with van der Waals surface area (Å²) in [5, 5.41) is 12.7.